The van der Waals surface area contributed by atoms with Crippen molar-refractivity contribution in [2.45, 2.75) is 0 Å². The van der Waals surface area contributed by atoms with Gasteiger partial charge in [-0.15, -0.1) is 0 Å². The number of anilines is 1. The molecule has 0 saturated carbocycles. The van der Waals surface area contributed by atoms with Crippen molar-refractivity contribution >= 4 is 23.3 Å². The van der Waals surface area contributed by atoms with Gasteiger partial charge < -0.3 is 14.9 Å². The molecular formula is C12H10ClNO3. The molecule has 0 amide bonds. The van der Waals surface area contributed by atoms with Gasteiger partial charge in [0.05, 0.1) is 12.8 Å². The Kier molecular flexibility index (Phi) is 3.06. The lowest BCUT2D eigenvalue weighted by Crippen LogP contribution is -2.02. The van der Waals surface area contributed by atoms with Crippen molar-refractivity contribution in [1.29, 1.82) is 0 Å². The first-order valence-corrected chi connectivity index (χ1v) is 5.23. The van der Waals surface area contributed by atoms with Gasteiger partial charge in [-0.1, -0.05) is 11.6 Å². The van der Waals surface area contributed by atoms with Crippen LogP contribution in [-0.4, -0.2) is 13.1 Å². The predicted octanol–water partition coefficient (Wildman–Crippen LogP) is 2.97. The molecule has 0 radical (unpaired) electrons. The topological polar surface area (TPSA) is 65.5 Å². The normalized spacial score (nSPS) is 10.2. The molecule has 2 N–H and O–H groups in total. The van der Waals surface area contributed by atoms with Gasteiger partial charge in [-0.3, -0.25) is 0 Å². The molecule has 0 aliphatic heterocycles. The van der Waals surface area contributed by atoms with Crippen LogP contribution in [-0.2, 0) is 4.74 Å². The number of ether oxygens (including phenoxy) is 1. The first-order chi connectivity index (χ1) is 8.11. The van der Waals surface area contributed by atoms with E-state index in [4.69, 9.17) is 21.8 Å². The highest BCUT2D eigenvalue weighted by Gasteiger charge is 2.17. The van der Waals surface area contributed by atoms with E-state index < -0.39 is 5.97 Å². The third kappa shape index (κ3) is 2.26. The number of furan rings is 1. The maximum absolute atomic E-state index is 11.3. The van der Waals surface area contributed by atoms with E-state index in [1.54, 1.807) is 30.3 Å². The molecular weight excluding hydrogens is 242 g/mol. The number of carbonyl (C=O) groups is 1. The van der Waals surface area contributed by atoms with Gasteiger partial charge >= 0.3 is 5.97 Å². The Morgan fingerprint density at radius 3 is 2.59 bits per heavy atom. The standard InChI is InChI=1S/C12H10ClNO3/c1-16-12(15)11-9(14)6-10(17-11)7-2-4-8(13)5-3-7/h2-6H,14H2,1H3. The molecule has 0 fully saturated rings. The molecule has 0 unspecified atom stereocenters. The molecule has 2 rings (SSSR count). The summed E-state index contributed by atoms with van der Waals surface area (Å²) < 4.78 is 9.90. The summed E-state index contributed by atoms with van der Waals surface area (Å²) in [5.74, 6) is -0.0836. The fourth-order valence-corrected chi connectivity index (χ4v) is 1.54. The van der Waals surface area contributed by atoms with Crippen LogP contribution in [0.4, 0.5) is 5.69 Å². The molecule has 17 heavy (non-hydrogen) atoms. The summed E-state index contributed by atoms with van der Waals surface area (Å²) in [5.41, 5.74) is 6.70. The van der Waals surface area contributed by atoms with E-state index in [1.807, 2.05) is 0 Å². The molecule has 0 bridgehead atoms. The molecule has 88 valence electrons. The number of hydrogen-bond donors (Lipinski definition) is 1. The largest absolute Gasteiger partial charge is 0.463 e. The second kappa shape index (κ2) is 4.51. The van der Waals surface area contributed by atoms with Crippen LogP contribution >= 0.6 is 11.6 Å². The minimum Gasteiger partial charge on any atom is -0.463 e. The number of rotatable bonds is 2. The molecule has 1 heterocycles. The lowest BCUT2D eigenvalue weighted by atomic mass is 10.2. The highest BCUT2D eigenvalue weighted by atomic mass is 35.5. The Morgan fingerprint density at radius 2 is 2.00 bits per heavy atom. The number of nitrogen functional groups attached to an aromatic ring is 1. The van der Waals surface area contributed by atoms with E-state index in [-0.39, 0.29) is 11.4 Å². The van der Waals surface area contributed by atoms with Gasteiger partial charge in [0.2, 0.25) is 5.76 Å². The number of hydrogen-bond acceptors (Lipinski definition) is 4. The minimum atomic E-state index is -0.595. The number of esters is 1. The second-order valence-electron chi connectivity index (χ2n) is 3.39. The predicted molar refractivity (Wildman–Crippen MR) is 64.9 cm³/mol. The van der Waals surface area contributed by atoms with Crippen molar-refractivity contribution in [3.8, 4) is 11.3 Å². The second-order valence-corrected chi connectivity index (χ2v) is 3.83. The van der Waals surface area contributed by atoms with E-state index >= 15 is 0 Å². The lowest BCUT2D eigenvalue weighted by molar-refractivity contribution is 0.0567. The Morgan fingerprint density at radius 1 is 1.35 bits per heavy atom. The molecule has 1 aromatic heterocycles. The summed E-state index contributed by atoms with van der Waals surface area (Å²) in [4.78, 5) is 11.3. The van der Waals surface area contributed by atoms with E-state index in [0.29, 0.717) is 10.8 Å². The molecule has 0 spiro atoms. The van der Waals surface area contributed by atoms with Crippen molar-refractivity contribution in [1.82, 2.24) is 0 Å². The summed E-state index contributed by atoms with van der Waals surface area (Å²) in [6.45, 7) is 0. The molecule has 0 atom stereocenters. The fourth-order valence-electron chi connectivity index (χ4n) is 1.41. The Balaban J connectivity index is 2.41. The van der Waals surface area contributed by atoms with Crippen LogP contribution in [0.3, 0.4) is 0 Å². The lowest BCUT2D eigenvalue weighted by Gasteiger charge is -1.97. The maximum atomic E-state index is 11.3. The molecule has 4 nitrogen and oxygen atoms in total. The van der Waals surface area contributed by atoms with Crippen LogP contribution < -0.4 is 5.73 Å². The van der Waals surface area contributed by atoms with Crippen molar-refractivity contribution in [3.05, 3.63) is 41.1 Å². The molecule has 1 aromatic carbocycles. The van der Waals surface area contributed by atoms with Crippen LogP contribution in [0.5, 0.6) is 0 Å². The van der Waals surface area contributed by atoms with E-state index in [9.17, 15) is 4.79 Å². The number of methoxy groups -OCH3 is 1. The SMILES string of the molecule is COC(=O)c1oc(-c2ccc(Cl)cc2)cc1N. The summed E-state index contributed by atoms with van der Waals surface area (Å²) >= 11 is 5.78. The summed E-state index contributed by atoms with van der Waals surface area (Å²) in [6.07, 6.45) is 0. The minimum absolute atomic E-state index is 0.0115. The number of benzene rings is 1. The van der Waals surface area contributed by atoms with Crippen LogP contribution in [0.2, 0.25) is 5.02 Å². The van der Waals surface area contributed by atoms with Gasteiger partial charge in [0.25, 0.3) is 0 Å². The Hall–Kier alpha value is -1.94. The smallest absolute Gasteiger partial charge is 0.376 e. The van der Waals surface area contributed by atoms with Gasteiger partial charge in [-0.25, -0.2) is 4.79 Å². The third-order valence-electron chi connectivity index (χ3n) is 2.26. The zero-order valence-corrected chi connectivity index (χ0v) is 9.82. The van der Waals surface area contributed by atoms with Crippen LogP contribution in [0.25, 0.3) is 11.3 Å². The summed E-state index contributed by atoms with van der Waals surface area (Å²) in [7, 11) is 1.27. The highest BCUT2D eigenvalue weighted by molar-refractivity contribution is 6.30. The molecule has 0 aliphatic carbocycles. The first-order valence-electron chi connectivity index (χ1n) is 4.85. The van der Waals surface area contributed by atoms with Gasteiger partial charge in [-0.05, 0) is 24.3 Å². The quantitative estimate of drug-likeness (QED) is 0.834. The average molecular weight is 252 g/mol. The van der Waals surface area contributed by atoms with Gasteiger partial charge in [0.1, 0.15) is 5.76 Å². The van der Waals surface area contributed by atoms with Crippen molar-refractivity contribution in [2.75, 3.05) is 12.8 Å². The molecule has 5 heteroatoms. The van der Waals surface area contributed by atoms with Crippen molar-refractivity contribution < 1.29 is 13.9 Å². The first kappa shape index (κ1) is 11.5. The molecule has 0 saturated heterocycles. The zero-order valence-electron chi connectivity index (χ0n) is 9.07. The maximum Gasteiger partial charge on any atom is 0.376 e. The van der Waals surface area contributed by atoms with Crippen molar-refractivity contribution in [3.63, 3.8) is 0 Å². The Labute approximate surface area is 103 Å². The Bertz CT molecular complexity index is 545. The van der Waals surface area contributed by atoms with Gasteiger partial charge in [0.15, 0.2) is 0 Å². The average Bonchev–Trinajstić information content (AvgIpc) is 2.71. The molecule has 0 aliphatic rings. The third-order valence-corrected chi connectivity index (χ3v) is 2.51. The summed E-state index contributed by atoms with van der Waals surface area (Å²) in [5, 5.41) is 0.626. The zero-order chi connectivity index (χ0) is 12.4. The monoisotopic (exact) mass is 251 g/mol. The van der Waals surface area contributed by atoms with Crippen molar-refractivity contribution in [2.24, 2.45) is 0 Å². The van der Waals surface area contributed by atoms with Crippen LogP contribution in [0, 0.1) is 0 Å². The van der Waals surface area contributed by atoms with E-state index in [0.717, 1.165) is 5.56 Å². The van der Waals surface area contributed by atoms with Crippen LogP contribution in [0.1, 0.15) is 10.6 Å². The van der Waals surface area contributed by atoms with E-state index in [2.05, 4.69) is 4.74 Å². The van der Waals surface area contributed by atoms with Gasteiger partial charge in [-0.2, -0.15) is 0 Å². The fraction of sp³-hybridized carbons (Fsp3) is 0.0833. The van der Waals surface area contributed by atoms with Crippen LogP contribution in [0.15, 0.2) is 34.7 Å². The van der Waals surface area contributed by atoms with E-state index in [1.165, 1.54) is 7.11 Å². The number of nitrogens with two attached hydrogens (primary N) is 1. The molecule has 2 aromatic rings. The van der Waals surface area contributed by atoms with Gasteiger partial charge in [0, 0.05) is 16.7 Å². The highest BCUT2D eigenvalue weighted by Crippen LogP contribution is 2.28. The summed E-state index contributed by atoms with van der Waals surface area (Å²) in [6, 6.07) is 8.60. The number of carbonyl (C=O) groups excluding carboxylic acids is 1. The number of halogens is 1.